The molecule has 0 saturated heterocycles. The zero-order valence-electron chi connectivity index (χ0n) is 16.5. The maximum Gasteiger partial charge on any atom is 0.467 e. The first-order valence-electron chi connectivity index (χ1n) is 9.19. The fraction of sp³-hybridized carbons (Fsp3) is 0.318. The molecule has 0 amide bonds. The van der Waals surface area contributed by atoms with Crippen LogP contribution in [-0.4, -0.2) is 17.1 Å². The molecule has 0 atom stereocenters. The molecule has 1 aromatic heterocycles. The Kier molecular flexibility index (Phi) is 7.03. The van der Waals surface area contributed by atoms with Gasteiger partial charge in [0.15, 0.2) is 0 Å². The normalized spacial score (nSPS) is 11.8. The molecule has 0 bridgehead atoms. The van der Waals surface area contributed by atoms with Crippen molar-refractivity contribution in [3.05, 3.63) is 74.6 Å². The summed E-state index contributed by atoms with van der Waals surface area (Å²) in [6.07, 6.45) is 1.19. The molecule has 0 unspecified atom stereocenters. The molecule has 0 aliphatic heterocycles. The second-order valence-electron chi connectivity index (χ2n) is 6.98. The summed E-state index contributed by atoms with van der Waals surface area (Å²) in [6.45, 7) is 6.09. The molecule has 7 heteroatoms. The third kappa shape index (κ3) is 6.32. The van der Waals surface area contributed by atoms with Crippen LogP contribution in [0.2, 0.25) is 0 Å². The van der Waals surface area contributed by atoms with Crippen LogP contribution in [0.1, 0.15) is 32.8 Å². The van der Waals surface area contributed by atoms with Crippen LogP contribution in [0, 0.1) is 20.8 Å². The smallest absolute Gasteiger partial charge is 0.308 e. The average Bonchev–Trinajstić information content (AvgIpc) is 3.11. The highest BCUT2D eigenvalue weighted by atomic mass is 32.2. The van der Waals surface area contributed by atoms with Crippen molar-refractivity contribution in [1.29, 1.82) is 0 Å². The highest BCUT2D eigenvalue weighted by Crippen LogP contribution is 2.31. The van der Waals surface area contributed by atoms with Gasteiger partial charge >= 0.3 is 5.51 Å². The van der Waals surface area contributed by atoms with E-state index in [1.807, 2.05) is 19.9 Å². The molecule has 2 nitrogen and oxygen atoms in total. The van der Waals surface area contributed by atoms with Gasteiger partial charge in [0.05, 0.1) is 17.3 Å². The van der Waals surface area contributed by atoms with Gasteiger partial charge in [0, 0.05) is 17.4 Å². The van der Waals surface area contributed by atoms with Gasteiger partial charge in [0.25, 0.3) is 0 Å². The van der Waals surface area contributed by atoms with Crippen molar-refractivity contribution in [3.63, 3.8) is 0 Å². The number of alkyl halides is 3. The van der Waals surface area contributed by atoms with E-state index in [9.17, 15) is 13.2 Å². The number of hydrogen-bond donors (Lipinski definition) is 0. The standard InChI is InChI=1S/C22H22F3NOS2/c1-14-4-6-17(7-5-14)20-13-28-21(26-20)12-19-11-15(2)18(10-16(19)3)8-9-27-29-22(23,24)25/h4-7,10-11,13H,8-9,12H2,1-3H3. The lowest BCUT2D eigenvalue weighted by molar-refractivity contribution is -0.0396. The minimum absolute atomic E-state index is 0.0240. The molecule has 0 N–H and O–H groups in total. The molecule has 29 heavy (non-hydrogen) atoms. The highest BCUT2D eigenvalue weighted by Gasteiger charge is 2.29. The Labute approximate surface area is 177 Å². The summed E-state index contributed by atoms with van der Waals surface area (Å²) < 4.78 is 41.1. The zero-order valence-corrected chi connectivity index (χ0v) is 18.1. The monoisotopic (exact) mass is 437 g/mol. The fourth-order valence-corrected chi connectivity index (χ4v) is 4.19. The third-order valence-electron chi connectivity index (χ3n) is 4.64. The molecule has 0 radical (unpaired) electrons. The van der Waals surface area contributed by atoms with Crippen LogP contribution in [-0.2, 0) is 17.0 Å². The second kappa shape index (κ2) is 9.32. The lowest BCUT2D eigenvalue weighted by Crippen LogP contribution is -2.05. The number of benzene rings is 2. The summed E-state index contributed by atoms with van der Waals surface area (Å²) in [7, 11) is 0. The lowest BCUT2D eigenvalue weighted by Gasteiger charge is -2.12. The van der Waals surface area contributed by atoms with Crippen molar-refractivity contribution in [2.24, 2.45) is 0 Å². The quantitative estimate of drug-likeness (QED) is 0.292. The Bertz CT molecular complexity index is 965. The van der Waals surface area contributed by atoms with E-state index in [1.165, 1.54) is 11.1 Å². The fourth-order valence-electron chi connectivity index (χ4n) is 3.07. The molecule has 0 spiro atoms. The minimum atomic E-state index is -4.36. The Morgan fingerprint density at radius 3 is 2.34 bits per heavy atom. The number of nitrogens with zero attached hydrogens (tertiary/aromatic N) is 1. The van der Waals surface area contributed by atoms with E-state index >= 15 is 0 Å². The van der Waals surface area contributed by atoms with Gasteiger partial charge in [0.2, 0.25) is 0 Å². The van der Waals surface area contributed by atoms with Gasteiger partial charge in [-0.25, -0.2) is 4.98 Å². The lowest BCUT2D eigenvalue weighted by atomic mass is 9.97. The molecule has 2 aromatic carbocycles. The number of hydrogen-bond acceptors (Lipinski definition) is 4. The summed E-state index contributed by atoms with van der Waals surface area (Å²) in [5, 5.41) is 3.12. The number of rotatable bonds is 7. The van der Waals surface area contributed by atoms with Crippen LogP contribution in [0.25, 0.3) is 11.3 Å². The van der Waals surface area contributed by atoms with Gasteiger partial charge in [-0.05, 0) is 49.4 Å². The van der Waals surface area contributed by atoms with Crippen molar-refractivity contribution in [3.8, 4) is 11.3 Å². The van der Waals surface area contributed by atoms with Crippen LogP contribution >= 0.6 is 23.4 Å². The van der Waals surface area contributed by atoms with Gasteiger partial charge in [-0.3, -0.25) is 0 Å². The Hall–Kier alpha value is -1.83. The van der Waals surface area contributed by atoms with Crippen LogP contribution < -0.4 is 0 Å². The van der Waals surface area contributed by atoms with Crippen LogP contribution in [0.5, 0.6) is 0 Å². The predicted octanol–water partition coefficient (Wildman–Crippen LogP) is 7.05. The maximum atomic E-state index is 12.1. The molecule has 154 valence electrons. The van der Waals surface area contributed by atoms with Gasteiger partial charge in [0.1, 0.15) is 12.0 Å². The Morgan fingerprint density at radius 2 is 1.66 bits per heavy atom. The Morgan fingerprint density at radius 1 is 1.00 bits per heavy atom. The molecular weight excluding hydrogens is 415 g/mol. The van der Waals surface area contributed by atoms with Crippen molar-refractivity contribution < 1.29 is 17.4 Å². The number of halogens is 3. The number of aryl methyl sites for hydroxylation is 3. The van der Waals surface area contributed by atoms with Crippen molar-refractivity contribution >= 4 is 23.4 Å². The summed E-state index contributed by atoms with van der Waals surface area (Å²) in [4.78, 5) is 4.77. The van der Waals surface area contributed by atoms with E-state index < -0.39 is 17.6 Å². The van der Waals surface area contributed by atoms with E-state index in [4.69, 9.17) is 4.98 Å². The molecule has 3 aromatic rings. The van der Waals surface area contributed by atoms with E-state index in [0.717, 1.165) is 39.4 Å². The van der Waals surface area contributed by atoms with Crippen LogP contribution in [0.4, 0.5) is 13.2 Å². The first-order valence-corrected chi connectivity index (χ1v) is 10.8. The molecule has 3 rings (SSSR count). The molecule has 0 aliphatic rings. The van der Waals surface area contributed by atoms with E-state index in [-0.39, 0.29) is 6.61 Å². The molecular formula is C22H22F3NOS2. The zero-order chi connectivity index (χ0) is 21.0. The predicted molar refractivity (Wildman–Crippen MR) is 114 cm³/mol. The van der Waals surface area contributed by atoms with Crippen LogP contribution in [0.15, 0.2) is 41.8 Å². The summed E-state index contributed by atoms with van der Waals surface area (Å²) >= 11 is 1.20. The summed E-state index contributed by atoms with van der Waals surface area (Å²) in [5.41, 5.74) is 3.31. The Balaban J connectivity index is 1.66. The second-order valence-corrected chi connectivity index (χ2v) is 8.78. The third-order valence-corrected chi connectivity index (χ3v) is 5.97. The average molecular weight is 438 g/mol. The van der Waals surface area contributed by atoms with E-state index in [1.54, 1.807) is 11.3 Å². The highest BCUT2D eigenvalue weighted by molar-refractivity contribution is 7.95. The van der Waals surface area contributed by atoms with Crippen molar-refractivity contribution in [2.75, 3.05) is 6.61 Å². The first kappa shape index (κ1) is 21.9. The molecule has 0 saturated carbocycles. The van der Waals surface area contributed by atoms with E-state index in [0.29, 0.717) is 6.42 Å². The maximum absolute atomic E-state index is 12.1. The summed E-state index contributed by atoms with van der Waals surface area (Å²) in [6, 6.07) is 12.5. The molecule has 0 fully saturated rings. The first-order chi connectivity index (χ1) is 13.7. The van der Waals surface area contributed by atoms with Crippen LogP contribution in [0.3, 0.4) is 0 Å². The number of aromatic nitrogens is 1. The number of thiazole rings is 1. The van der Waals surface area contributed by atoms with E-state index in [2.05, 4.69) is 46.8 Å². The van der Waals surface area contributed by atoms with Gasteiger partial charge in [-0.15, -0.1) is 11.3 Å². The molecule has 1 heterocycles. The van der Waals surface area contributed by atoms with Gasteiger partial charge in [-0.2, -0.15) is 13.2 Å². The van der Waals surface area contributed by atoms with Gasteiger partial charge in [-0.1, -0.05) is 42.0 Å². The molecule has 0 aliphatic carbocycles. The van der Waals surface area contributed by atoms with Crippen molar-refractivity contribution in [2.45, 2.75) is 39.1 Å². The SMILES string of the molecule is Cc1ccc(-c2csc(Cc3cc(C)c(CCOSC(F)(F)F)cc3C)n2)cc1. The van der Waals surface area contributed by atoms with Gasteiger partial charge < -0.3 is 4.18 Å². The van der Waals surface area contributed by atoms with Crippen molar-refractivity contribution in [1.82, 2.24) is 4.98 Å². The summed E-state index contributed by atoms with van der Waals surface area (Å²) in [5.74, 6) is 0. The minimum Gasteiger partial charge on any atom is -0.308 e. The largest absolute Gasteiger partial charge is 0.467 e. The topological polar surface area (TPSA) is 22.1 Å².